The number of aliphatic imine (C=N–C) groups is 1. The van der Waals surface area contributed by atoms with Crippen LogP contribution in [-0.4, -0.2) is 29.8 Å². The number of thioether (sulfide) groups is 2. The summed E-state index contributed by atoms with van der Waals surface area (Å²) < 4.78 is 5.43. The summed E-state index contributed by atoms with van der Waals surface area (Å²) in [4.78, 5) is 24.3. The third-order valence-electron chi connectivity index (χ3n) is 5.88. The van der Waals surface area contributed by atoms with E-state index in [0.29, 0.717) is 22.3 Å². The number of nitrogens with zero attached hydrogens (tertiary/aromatic N) is 3. The smallest absolute Gasteiger partial charge is 0.274 e. The Morgan fingerprint density at radius 1 is 1.00 bits per heavy atom. The summed E-state index contributed by atoms with van der Waals surface area (Å²) in [7, 11) is 1.65. The number of aromatic hydroxyl groups is 1. The number of hydrogen-bond donors (Lipinski definition) is 1. The van der Waals surface area contributed by atoms with Crippen LogP contribution >= 0.6 is 23.5 Å². The number of ether oxygens (including phenoxy) is 1. The highest BCUT2D eigenvalue weighted by Crippen LogP contribution is 2.52. The van der Waals surface area contributed by atoms with Gasteiger partial charge in [-0.3, -0.25) is 9.69 Å². The normalized spacial score (nSPS) is 18.5. The first-order chi connectivity index (χ1) is 16.9. The third-order valence-corrected chi connectivity index (χ3v) is 8.22. The second-order valence-electron chi connectivity index (χ2n) is 8.26. The fourth-order valence-corrected chi connectivity index (χ4v) is 6.48. The van der Waals surface area contributed by atoms with Crippen LogP contribution in [0.5, 0.6) is 11.5 Å². The van der Waals surface area contributed by atoms with Crippen molar-refractivity contribution in [2.45, 2.75) is 25.7 Å². The van der Waals surface area contributed by atoms with E-state index in [1.165, 1.54) is 11.8 Å². The van der Waals surface area contributed by atoms with E-state index in [-0.39, 0.29) is 11.7 Å². The molecule has 8 heteroatoms. The van der Waals surface area contributed by atoms with Gasteiger partial charge in [0.15, 0.2) is 5.17 Å². The molecule has 6 nitrogen and oxygen atoms in total. The van der Waals surface area contributed by atoms with Crippen molar-refractivity contribution in [1.29, 1.82) is 0 Å². The molecule has 0 aromatic heterocycles. The van der Waals surface area contributed by atoms with Crippen LogP contribution in [0.2, 0.25) is 0 Å². The minimum Gasteiger partial charge on any atom is -0.508 e. The van der Waals surface area contributed by atoms with Gasteiger partial charge < -0.3 is 14.7 Å². The summed E-state index contributed by atoms with van der Waals surface area (Å²) in [6.07, 6.45) is 0. The van der Waals surface area contributed by atoms with Crippen LogP contribution in [0.1, 0.15) is 18.1 Å². The first kappa shape index (κ1) is 23.4. The summed E-state index contributed by atoms with van der Waals surface area (Å²) >= 11 is 2.97. The van der Waals surface area contributed by atoms with E-state index in [2.05, 4.69) is 17.9 Å². The molecule has 1 fully saturated rings. The molecule has 35 heavy (non-hydrogen) atoms. The predicted molar refractivity (Wildman–Crippen MR) is 145 cm³/mol. The van der Waals surface area contributed by atoms with Crippen LogP contribution in [0.4, 0.5) is 17.1 Å². The number of amides is 1. The van der Waals surface area contributed by atoms with E-state index >= 15 is 0 Å². The van der Waals surface area contributed by atoms with Gasteiger partial charge in [-0.05, 0) is 80.6 Å². The lowest BCUT2D eigenvalue weighted by molar-refractivity contribution is -0.113. The molecule has 0 radical (unpaired) electrons. The highest BCUT2D eigenvalue weighted by atomic mass is 32.2. The van der Waals surface area contributed by atoms with Gasteiger partial charge in [0.25, 0.3) is 5.91 Å². The maximum Gasteiger partial charge on any atom is 0.274 e. The largest absolute Gasteiger partial charge is 0.508 e. The average Bonchev–Trinajstić information content (AvgIpc) is 3.37. The molecule has 0 spiro atoms. The monoisotopic (exact) mass is 503 g/mol. The molecule has 2 heterocycles. The van der Waals surface area contributed by atoms with Crippen molar-refractivity contribution in [3.8, 4) is 11.5 Å². The summed E-state index contributed by atoms with van der Waals surface area (Å²) in [6, 6.07) is 18.7. The number of benzene rings is 3. The molecule has 0 aliphatic carbocycles. The van der Waals surface area contributed by atoms with E-state index in [0.717, 1.165) is 38.2 Å². The predicted octanol–water partition coefficient (Wildman–Crippen LogP) is 6.59. The van der Waals surface area contributed by atoms with Gasteiger partial charge in [-0.15, -0.1) is 0 Å². The first-order valence-corrected chi connectivity index (χ1v) is 12.9. The minimum absolute atomic E-state index is 0.134. The van der Waals surface area contributed by atoms with Gasteiger partial charge in [-0.25, -0.2) is 4.99 Å². The van der Waals surface area contributed by atoms with Crippen molar-refractivity contribution in [3.63, 3.8) is 0 Å². The SMILES string of the molecule is CCN1/C(=C2/SC(=Nc3ccc(C)cc3C)N(c3ccc(O)cc3)C2=O)Sc2ccc(OC)cc21. The molecule has 3 aromatic rings. The maximum atomic E-state index is 13.9. The topological polar surface area (TPSA) is 65.4 Å². The van der Waals surface area contributed by atoms with Gasteiger partial charge >= 0.3 is 0 Å². The molecular formula is C27H25N3O3S2. The first-order valence-electron chi connectivity index (χ1n) is 11.2. The van der Waals surface area contributed by atoms with Gasteiger partial charge in [0, 0.05) is 17.5 Å². The maximum absolute atomic E-state index is 13.9. The standard InChI is InChI=1S/C27H25N3O3S2/c1-5-29-22-15-20(33-4)11-13-23(22)34-26(29)24-25(32)30(18-7-9-19(31)10-8-18)27(35-24)28-21-12-6-16(2)14-17(21)3/h6-15,31H,5H2,1-4H3/b26-24-,28-27?. The Kier molecular flexibility index (Phi) is 6.25. The number of hydrogen-bond acceptors (Lipinski definition) is 7. The molecule has 0 bridgehead atoms. The molecule has 0 unspecified atom stereocenters. The molecule has 178 valence electrons. The Hall–Kier alpha value is -3.36. The van der Waals surface area contributed by atoms with Crippen LogP contribution in [0.25, 0.3) is 0 Å². The van der Waals surface area contributed by atoms with Crippen LogP contribution in [0.15, 0.2) is 80.5 Å². The molecule has 2 aliphatic rings. The summed E-state index contributed by atoms with van der Waals surface area (Å²) in [5, 5.41) is 11.3. The van der Waals surface area contributed by atoms with Crippen molar-refractivity contribution >= 4 is 51.7 Å². The van der Waals surface area contributed by atoms with Gasteiger partial charge in [0.1, 0.15) is 21.4 Å². The van der Waals surface area contributed by atoms with Gasteiger partial charge in [0.2, 0.25) is 0 Å². The molecule has 5 rings (SSSR count). The van der Waals surface area contributed by atoms with Crippen molar-refractivity contribution in [3.05, 3.63) is 81.7 Å². The average molecular weight is 504 g/mol. The molecule has 1 N–H and O–H groups in total. The second kappa shape index (κ2) is 9.36. The number of carbonyl (C=O) groups is 1. The number of phenolic OH excluding ortho intramolecular Hbond substituents is 1. The molecule has 0 atom stereocenters. The van der Waals surface area contributed by atoms with E-state index in [9.17, 15) is 9.90 Å². The Morgan fingerprint density at radius 3 is 2.46 bits per heavy atom. The van der Waals surface area contributed by atoms with Crippen LogP contribution in [-0.2, 0) is 4.79 Å². The number of methoxy groups -OCH3 is 1. The lowest BCUT2D eigenvalue weighted by Crippen LogP contribution is -2.29. The van der Waals surface area contributed by atoms with Crippen molar-refractivity contribution < 1.29 is 14.6 Å². The van der Waals surface area contributed by atoms with Crippen LogP contribution in [0.3, 0.4) is 0 Å². The number of carbonyl (C=O) groups excluding carboxylic acids is 1. The van der Waals surface area contributed by atoms with Crippen LogP contribution < -0.4 is 14.5 Å². The van der Waals surface area contributed by atoms with Crippen LogP contribution in [0, 0.1) is 13.8 Å². The number of phenols is 1. The van der Waals surface area contributed by atoms with E-state index in [1.54, 1.807) is 48.0 Å². The number of anilines is 2. The summed E-state index contributed by atoms with van der Waals surface area (Å²) in [5.41, 5.74) is 4.71. The highest BCUT2D eigenvalue weighted by Gasteiger charge is 2.40. The van der Waals surface area contributed by atoms with E-state index in [1.807, 2.05) is 44.2 Å². The van der Waals surface area contributed by atoms with Gasteiger partial charge in [0.05, 0.1) is 24.2 Å². The molecule has 0 saturated carbocycles. The van der Waals surface area contributed by atoms with Crippen molar-refractivity contribution in [2.75, 3.05) is 23.5 Å². The van der Waals surface area contributed by atoms with E-state index in [4.69, 9.17) is 9.73 Å². The highest BCUT2D eigenvalue weighted by molar-refractivity contribution is 8.20. The zero-order chi connectivity index (χ0) is 24.7. The van der Waals surface area contributed by atoms with Gasteiger partial charge in [-0.2, -0.15) is 0 Å². The van der Waals surface area contributed by atoms with E-state index < -0.39 is 0 Å². The molecular weight excluding hydrogens is 478 g/mol. The minimum atomic E-state index is -0.134. The Labute approximate surface area is 213 Å². The molecule has 1 saturated heterocycles. The molecule has 2 aliphatic heterocycles. The molecule has 3 aromatic carbocycles. The zero-order valence-electron chi connectivity index (χ0n) is 19.9. The lowest BCUT2D eigenvalue weighted by atomic mass is 10.1. The fraction of sp³-hybridized carbons (Fsp3) is 0.185. The third kappa shape index (κ3) is 4.28. The summed E-state index contributed by atoms with van der Waals surface area (Å²) in [5.74, 6) is 0.791. The summed E-state index contributed by atoms with van der Waals surface area (Å²) in [6.45, 7) is 6.85. The van der Waals surface area contributed by atoms with Crippen molar-refractivity contribution in [2.24, 2.45) is 4.99 Å². The number of aryl methyl sites for hydroxylation is 2. The zero-order valence-corrected chi connectivity index (χ0v) is 21.5. The number of fused-ring (bicyclic) bond motifs is 1. The Morgan fingerprint density at radius 2 is 1.77 bits per heavy atom. The second-order valence-corrected chi connectivity index (χ2v) is 10.3. The van der Waals surface area contributed by atoms with Gasteiger partial charge in [-0.1, -0.05) is 29.5 Å². The quantitative estimate of drug-likeness (QED) is 0.406. The van der Waals surface area contributed by atoms with Crippen molar-refractivity contribution in [1.82, 2.24) is 0 Å². The number of amidine groups is 1. The Balaban J connectivity index is 1.63. The fourth-order valence-electron chi connectivity index (χ4n) is 4.11. The lowest BCUT2D eigenvalue weighted by Gasteiger charge is -2.19. The number of rotatable bonds is 4. The Bertz CT molecular complexity index is 1380. The molecule has 1 amide bonds.